The highest BCUT2D eigenvalue weighted by atomic mass is 35.5. The number of hydrogen-bond acceptors (Lipinski definition) is 3. The van der Waals surface area contributed by atoms with E-state index in [9.17, 15) is 0 Å². The lowest BCUT2D eigenvalue weighted by Gasteiger charge is -2.20. The van der Waals surface area contributed by atoms with Crippen LogP contribution in [-0.4, -0.2) is 17.1 Å². The van der Waals surface area contributed by atoms with Gasteiger partial charge >= 0.3 is 0 Å². The third-order valence-corrected chi connectivity index (χ3v) is 2.21. The van der Waals surface area contributed by atoms with Crippen molar-refractivity contribution in [3.8, 4) is 5.75 Å². The molecule has 1 aromatic rings. The molecule has 0 atom stereocenters. The summed E-state index contributed by atoms with van der Waals surface area (Å²) in [4.78, 5) is 4.32. The smallest absolute Gasteiger partial charge is 0.138 e. The number of pyridine rings is 1. The molecule has 0 amide bonds. The predicted molar refractivity (Wildman–Crippen MR) is 71.3 cm³/mol. The van der Waals surface area contributed by atoms with E-state index in [1.807, 2.05) is 12.1 Å². The van der Waals surface area contributed by atoms with E-state index in [0.29, 0.717) is 6.61 Å². The summed E-state index contributed by atoms with van der Waals surface area (Å²) < 4.78 is 5.39. The number of nitrogens with zero attached hydrogens (tertiary/aromatic N) is 1. The molecular formula is C13H19ClN2O. The van der Waals surface area contributed by atoms with Crippen molar-refractivity contribution < 1.29 is 4.74 Å². The van der Waals surface area contributed by atoms with Gasteiger partial charge in [-0.1, -0.05) is 11.6 Å². The lowest BCUT2D eigenvalue weighted by molar-refractivity contribution is 0.361. The number of rotatable bonds is 5. The minimum absolute atomic E-state index is 0.0992. The van der Waals surface area contributed by atoms with Crippen molar-refractivity contribution in [1.29, 1.82) is 0 Å². The van der Waals surface area contributed by atoms with Crippen LogP contribution < -0.4 is 10.1 Å². The summed E-state index contributed by atoms with van der Waals surface area (Å²) >= 11 is 5.39. The molecule has 1 aromatic heterocycles. The second kappa shape index (κ2) is 6.62. The summed E-state index contributed by atoms with van der Waals surface area (Å²) in [5.74, 6) is 0.749. The highest BCUT2D eigenvalue weighted by Crippen LogP contribution is 2.10. The third kappa shape index (κ3) is 6.29. The van der Waals surface area contributed by atoms with E-state index in [1.54, 1.807) is 12.3 Å². The first-order valence-corrected chi connectivity index (χ1v) is 6.03. The summed E-state index contributed by atoms with van der Waals surface area (Å²) in [6.07, 6.45) is 3.46. The minimum atomic E-state index is 0.0992. The Bertz CT molecular complexity index is 355. The van der Waals surface area contributed by atoms with E-state index in [2.05, 4.69) is 31.1 Å². The molecule has 1 heterocycles. The number of nitrogens with one attached hydrogen (secondary N) is 1. The second-order valence-corrected chi connectivity index (χ2v) is 5.01. The van der Waals surface area contributed by atoms with Crippen LogP contribution in [0.3, 0.4) is 0 Å². The zero-order valence-corrected chi connectivity index (χ0v) is 11.3. The van der Waals surface area contributed by atoms with Crippen LogP contribution in [0.2, 0.25) is 0 Å². The van der Waals surface area contributed by atoms with Gasteiger partial charge in [0, 0.05) is 17.6 Å². The SMILES string of the molecule is CC(C)(C)NCc1ccc(OCC=CCl)cn1. The van der Waals surface area contributed by atoms with Gasteiger partial charge in [0.25, 0.3) is 0 Å². The van der Waals surface area contributed by atoms with Crippen LogP contribution in [0.5, 0.6) is 5.75 Å². The summed E-state index contributed by atoms with van der Waals surface area (Å²) in [6, 6.07) is 3.87. The first-order chi connectivity index (χ1) is 8.01. The van der Waals surface area contributed by atoms with Crippen LogP contribution in [0.1, 0.15) is 26.5 Å². The van der Waals surface area contributed by atoms with Crippen molar-refractivity contribution in [2.45, 2.75) is 32.9 Å². The minimum Gasteiger partial charge on any atom is -0.488 e. The zero-order chi connectivity index (χ0) is 12.7. The molecule has 0 aliphatic heterocycles. The first-order valence-electron chi connectivity index (χ1n) is 5.59. The van der Waals surface area contributed by atoms with Crippen LogP contribution in [-0.2, 0) is 6.54 Å². The van der Waals surface area contributed by atoms with Crippen LogP contribution in [0.4, 0.5) is 0 Å². The van der Waals surface area contributed by atoms with Gasteiger partial charge in [0.2, 0.25) is 0 Å². The van der Waals surface area contributed by atoms with Crippen molar-refractivity contribution in [3.05, 3.63) is 35.6 Å². The molecule has 0 bridgehead atoms. The summed E-state index contributed by atoms with van der Waals surface area (Å²) in [7, 11) is 0. The molecule has 0 spiro atoms. The Labute approximate surface area is 108 Å². The topological polar surface area (TPSA) is 34.1 Å². The largest absolute Gasteiger partial charge is 0.488 e. The number of hydrogen-bond donors (Lipinski definition) is 1. The highest BCUT2D eigenvalue weighted by Gasteiger charge is 2.08. The molecule has 0 aliphatic rings. The molecule has 94 valence electrons. The Kier molecular flexibility index (Phi) is 5.45. The van der Waals surface area contributed by atoms with Crippen LogP contribution in [0.15, 0.2) is 29.9 Å². The van der Waals surface area contributed by atoms with E-state index >= 15 is 0 Å². The van der Waals surface area contributed by atoms with E-state index in [4.69, 9.17) is 16.3 Å². The quantitative estimate of drug-likeness (QED) is 0.877. The molecular weight excluding hydrogens is 236 g/mol. The van der Waals surface area contributed by atoms with Gasteiger partial charge in [-0.2, -0.15) is 0 Å². The lowest BCUT2D eigenvalue weighted by atomic mass is 10.1. The maximum Gasteiger partial charge on any atom is 0.138 e. The Morgan fingerprint density at radius 2 is 2.18 bits per heavy atom. The fourth-order valence-corrected chi connectivity index (χ4v) is 1.21. The van der Waals surface area contributed by atoms with Gasteiger partial charge < -0.3 is 10.1 Å². The molecule has 0 unspecified atom stereocenters. The van der Waals surface area contributed by atoms with Gasteiger partial charge in [0.05, 0.1) is 11.9 Å². The summed E-state index contributed by atoms with van der Waals surface area (Å²) in [5.41, 5.74) is 2.54. The molecule has 1 rings (SSSR count). The molecule has 0 fully saturated rings. The Morgan fingerprint density at radius 1 is 1.41 bits per heavy atom. The Balaban J connectivity index is 2.44. The van der Waals surface area contributed by atoms with Gasteiger partial charge in [-0.15, -0.1) is 0 Å². The second-order valence-electron chi connectivity index (χ2n) is 4.76. The normalized spacial score (nSPS) is 12.0. The highest BCUT2D eigenvalue weighted by molar-refractivity contribution is 6.25. The molecule has 0 radical (unpaired) electrons. The van der Waals surface area contributed by atoms with Crippen molar-refractivity contribution >= 4 is 11.6 Å². The maximum absolute atomic E-state index is 5.39. The lowest BCUT2D eigenvalue weighted by Crippen LogP contribution is -2.35. The molecule has 0 aromatic carbocycles. The van der Waals surface area contributed by atoms with Crippen molar-refractivity contribution in [3.63, 3.8) is 0 Å². The molecule has 0 aliphatic carbocycles. The molecule has 4 heteroatoms. The van der Waals surface area contributed by atoms with E-state index < -0.39 is 0 Å². The maximum atomic E-state index is 5.39. The molecule has 0 saturated heterocycles. The molecule has 3 nitrogen and oxygen atoms in total. The van der Waals surface area contributed by atoms with Gasteiger partial charge in [-0.3, -0.25) is 4.98 Å². The fourth-order valence-electron chi connectivity index (χ4n) is 1.14. The van der Waals surface area contributed by atoms with Crippen LogP contribution in [0.25, 0.3) is 0 Å². The van der Waals surface area contributed by atoms with Gasteiger partial charge in [-0.05, 0) is 39.0 Å². The average Bonchev–Trinajstić information content (AvgIpc) is 2.27. The first kappa shape index (κ1) is 14.0. The third-order valence-electron chi connectivity index (χ3n) is 2.03. The van der Waals surface area contributed by atoms with Crippen LogP contribution >= 0.6 is 11.6 Å². The number of ether oxygens (including phenoxy) is 1. The van der Waals surface area contributed by atoms with Crippen molar-refractivity contribution in [2.24, 2.45) is 0 Å². The average molecular weight is 255 g/mol. The Hall–Kier alpha value is -1.06. The predicted octanol–water partition coefficient (Wildman–Crippen LogP) is 3.10. The summed E-state index contributed by atoms with van der Waals surface area (Å²) in [5, 5.41) is 3.38. The van der Waals surface area contributed by atoms with Gasteiger partial charge in [0.15, 0.2) is 0 Å². The van der Waals surface area contributed by atoms with Gasteiger partial charge in [0.1, 0.15) is 12.4 Å². The summed E-state index contributed by atoms with van der Waals surface area (Å²) in [6.45, 7) is 7.60. The van der Waals surface area contributed by atoms with Gasteiger partial charge in [-0.25, -0.2) is 0 Å². The van der Waals surface area contributed by atoms with Crippen molar-refractivity contribution in [2.75, 3.05) is 6.61 Å². The van der Waals surface area contributed by atoms with E-state index in [1.165, 1.54) is 5.54 Å². The number of aromatic nitrogens is 1. The van der Waals surface area contributed by atoms with E-state index in [0.717, 1.165) is 18.0 Å². The van der Waals surface area contributed by atoms with Crippen molar-refractivity contribution in [1.82, 2.24) is 10.3 Å². The monoisotopic (exact) mass is 254 g/mol. The van der Waals surface area contributed by atoms with Crippen LogP contribution in [0, 0.1) is 0 Å². The van der Waals surface area contributed by atoms with E-state index in [-0.39, 0.29) is 5.54 Å². The molecule has 0 saturated carbocycles. The fraction of sp³-hybridized carbons (Fsp3) is 0.462. The Morgan fingerprint density at radius 3 is 2.71 bits per heavy atom. The molecule has 1 N–H and O–H groups in total. The standard InChI is InChI=1S/C13H19ClN2O/c1-13(2,3)16-9-11-5-6-12(10-15-11)17-8-4-7-14/h4-7,10,16H,8-9H2,1-3H3. The zero-order valence-electron chi connectivity index (χ0n) is 10.5. The number of halogens is 1. The molecule has 17 heavy (non-hydrogen) atoms.